The minimum Gasteiger partial charge on any atom is -0.507 e. The topological polar surface area (TPSA) is 59.1 Å². The van der Waals surface area contributed by atoms with Gasteiger partial charge in [-0.25, -0.2) is 0 Å². The third-order valence-electron chi connectivity index (χ3n) is 3.97. The average molecular weight is 286 g/mol. The fraction of sp³-hybridized carbons (Fsp3) is 0. The highest BCUT2D eigenvalue weighted by Gasteiger charge is 2.15. The number of phenols is 1. The van der Waals surface area contributed by atoms with Crippen LogP contribution in [-0.2, 0) is 0 Å². The minimum absolute atomic E-state index is 0.224. The Hall–Kier alpha value is -3.07. The summed E-state index contributed by atoms with van der Waals surface area (Å²) in [6.07, 6.45) is 1.76. The van der Waals surface area contributed by atoms with Crippen LogP contribution in [-0.4, -0.2) is 10.1 Å². The molecule has 0 saturated heterocycles. The number of nitrogens with two attached hydrogens (primary N) is 1. The van der Waals surface area contributed by atoms with E-state index in [1.165, 1.54) is 0 Å². The molecule has 22 heavy (non-hydrogen) atoms. The number of aromatic hydroxyl groups is 1. The van der Waals surface area contributed by atoms with Gasteiger partial charge in [0.05, 0.1) is 5.52 Å². The Bertz CT molecular complexity index is 925. The second-order valence-electron chi connectivity index (χ2n) is 5.28. The highest BCUT2D eigenvalue weighted by atomic mass is 16.3. The predicted octanol–water partition coefficient (Wildman–Crippen LogP) is 4.34. The Labute approximate surface area is 127 Å². The lowest BCUT2D eigenvalue weighted by Gasteiger charge is -2.14. The second-order valence-corrected chi connectivity index (χ2v) is 5.28. The molecule has 0 atom stereocenters. The minimum atomic E-state index is 0.224. The average Bonchev–Trinajstić information content (AvgIpc) is 2.56. The molecule has 0 amide bonds. The van der Waals surface area contributed by atoms with Gasteiger partial charge in [0.2, 0.25) is 0 Å². The normalized spacial score (nSPS) is 11.1. The zero-order valence-electron chi connectivity index (χ0n) is 11.8. The lowest BCUT2D eigenvalue weighted by atomic mass is 9.93. The highest BCUT2D eigenvalue weighted by molar-refractivity contribution is 6.10. The number of phenolic OH excluding ortho intramolecular Hbond substituents is 1. The Morgan fingerprint density at radius 1 is 0.773 bits per heavy atom. The van der Waals surface area contributed by atoms with Crippen molar-refractivity contribution in [3.63, 3.8) is 0 Å². The molecule has 0 aliphatic rings. The first-order valence-electron chi connectivity index (χ1n) is 7.10. The molecule has 0 saturated carbocycles. The number of anilines is 1. The first kappa shape index (κ1) is 12.7. The van der Waals surface area contributed by atoms with Crippen molar-refractivity contribution in [2.45, 2.75) is 0 Å². The third kappa shape index (κ3) is 1.79. The molecule has 3 heteroatoms. The van der Waals surface area contributed by atoms with Crippen molar-refractivity contribution in [1.82, 2.24) is 4.98 Å². The molecule has 106 valence electrons. The SMILES string of the molecule is Nc1ccc2ncccc2c1-c1c(O)ccc2ccccc12. The predicted molar refractivity (Wildman–Crippen MR) is 90.8 cm³/mol. The number of aromatic nitrogens is 1. The molecule has 4 rings (SSSR count). The molecule has 0 aliphatic heterocycles. The first-order chi connectivity index (χ1) is 10.8. The van der Waals surface area contributed by atoms with Crippen molar-refractivity contribution in [2.75, 3.05) is 5.73 Å². The van der Waals surface area contributed by atoms with Gasteiger partial charge in [-0.2, -0.15) is 0 Å². The van der Waals surface area contributed by atoms with Crippen LogP contribution in [0.3, 0.4) is 0 Å². The van der Waals surface area contributed by atoms with Crippen LogP contribution >= 0.6 is 0 Å². The maximum atomic E-state index is 10.5. The third-order valence-corrected chi connectivity index (χ3v) is 3.97. The highest BCUT2D eigenvalue weighted by Crippen LogP contribution is 2.42. The molecule has 0 spiro atoms. The lowest BCUT2D eigenvalue weighted by molar-refractivity contribution is 0.478. The number of benzene rings is 3. The van der Waals surface area contributed by atoms with Crippen LogP contribution < -0.4 is 5.73 Å². The molecular formula is C19H14N2O. The summed E-state index contributed by atoms with van der Waals surface area (Å²) >= 11 is 0. The molecule has 3 aromatic carbocycles. The van der Waals surface area contributed by atoms with E-state index in [4.69, 9.17) is 5.73 Å². The maximum Gasteiger partial charge on any atom is 0.124 e. The van der Waals surface area contributed by atoms with Crippen molar-refractivity contribution in [3.8, 4) is 16.9 Å². The van der Waals surface area contributed by atoms with Gasteiger partial charge >= 0.3 is 0 Å². The quantitative estimate of drug-likeness (QED) is 0.512. The summed E-state index contributed by atoms with van der Waals surface area (Å²) in [4.78, 5) is 4.38. The van der Waals surface area contributed by atoms with Crippen molar-refractivity contribution >= 4 is 27.4 Å². The number of nitrogens with zero attached hydrogens (tertiary/aromatic N) is 1. The van der Waals surface area contributed by atoms with Crippen LogP contribution in [0.4, 0.5) is 5.69 Å². The first-order valence-corrected chi connectivity index (χ1v) is 7.10. The number of pyridine rings is 1. The molecule has 0 aliphatic carbocycles. The van der Waals surface area contributed by atoms with Crippen molar-refractivity contribution < 1.29 is 5.11 Å². The van der Waals surface area contributed by atoms with Crippen molar-refractivity contribution in [1.29, 1.82) is 0 Å². The molecule has 0 unspecified atom stereocenters. The Balaban J connectivity index is 2.21. The Kier molecular flexibility index (Phi) is 2.73. The summed E-state index contributed by atoms with van der Waals surface area (Å²) in [5, 5.41) is 13.5. The Morgan fingerprint density at radius 3 is 2.50 bits per heavy atom. The van der Waals surface area contributed by atoms with E-state index < -0.39 is 0 Å². The lowest BCUT2D eigenvalue weighted by Crippen LogP contribution is -1.94. The van der Waals surface area contributed by atoms with Gasteiger partial charge in [-0.15, -0.1) is 0 Å². The molecule has 1 heterocycles. The molecule has 4 aromatic rings. The summed E-state index contributed by atoms with van der Waals surface area (Å²) < 4.78 is 0. The van der Waals surface area contributed by atoms with Crippen LogP contribution in [0.2, 0.25) is 0 Å². The maximum absolute atomic E-state index is 10.5. The summed E-state index contributed by atoms with van der Waals surface area (Å²) in [7, 11) is 0. The zero-order chi connectivity index (χ0) is 15.1. The van der Waals surface area contributed by atoms with Gasteiger partial charge in [-0.3, -0.25) is 4.98 Å². The van der Waals surface area contributed by atoms with Gasteiger partial charge in [-0.05, 0) is 35.0 Å². The fourth-order valence-electron chi connectivity index (χ4n) is 2.97. The van der Waals surface area contributed by atoms with Crippen LogP contribution in [0, 0.1) is 0 Å². The van der Waals surface area contributed by atoms with Gasteiger partial charge in [0.1, 0.15) is 5.75 Å². The van der Waals surface area contributed by atoms with E-state index in [0.29, 0.717) is 5.69 Å². The van der Waals surface area contributed by atoms with Crippen LogP contribution in [0.1, 0.15) is 0 Å². The molecule has 3 nitrogen and oxygen atoms in total. The summed E-state index contributed by atoms with van der Waals surface area (Å²) in [5.74, 6) is 0.224. The van der Waals surface area contributed by atoms with Gasteiger partial charge in [-0.1, -0.05) is 36.4 Å². The van der Waals surface area contributed by atoms with E-state index in [0.717, 1.165) is 32.8 Å². The van der Waals surface area contributed by atoms with Gasteiger partial charge in [0.15, 0.2) is 0 Å². The van der Waals surface area contributed by atoms with E-state index in [1.807, 2.05) is 54.6 Å². The monoisotopic (exact) mass is 286 g/mol. The Morgan fingerprint density at radius 2 is 1.59 bits per heavy atom. The fourth-order valence-corrected chi connectivity index (χ4v) is 2.97. The van der Waals surface area contributed by atoms with Crippen LogP contribution in [0.5, 0.6) is 5.75 Å². The molecule has 0 fully saturated rings. The van der Waals surface area contributed by atoms with E-state index in [-0.39, 0.29) is 5.75 Å². The van der Waals surface area contributed by atoms with Gasteiger partial charge in [0, 0.05) is 28.4 Å². The van der Waals surface area contributed by atoms with E-state index in [9.17, 15) is 5.11 Å². The number of rotatable bonds is 1. The smallest absolute Gasteiger partial charge is 0.124 e. The summed E-state index contributed by atoms with van der Waals surface area (Å²) in [5.41, 5.74) is 9.32. The van der Waals surface area contributed by atoms with Crippen LogP contribution in [0.15, 0.2) is 66.9 Å². The zero-order valence-corrected chi connectivity index (χ0v) is 11.8. The van der Waals surface area contributed by atoms with E-state index in [1.54, 1.807) is 12.3 Å². The van der Waals surface area contributed by atoms with Gasteiger partial charge in [0.25, 0.3) is 0 Å². The van der Waals surface area contributed by atoms with E-state index >= 15 is 0 Å². The summed E-state index contributed by atoms with van der Waals surface area (Å²) in [6.45, 7) is 0. The summed E-state index contributed by atoms with van der Waals surface area (Å²) in [6, 6.07) is 19.2. The van der Waals surface area contributed by atoms with Crippen molar-refractivity contribution in [3.05, 3.63) is 66.9 Å². The number of hydrogen-bond acceptors (Lipinski definition) is 3. The van der Waals surface area contributed by atoms with Crippen molar-refractivity contribution in [2.24, 2.45) is 0 Å². The molecule has 0 radical (unpaired) electrons. The molecule has 1 aromatic heterocycles. The number of nitrogen functional groups attached to an aromatic ring is 1. The number of fused-ring (bicyclic) bond motifs is 2. The van der Waals surface area contributed by atoms with Crippen LogP contribution in [0.25, 0.3) is 32.8 Å². The standard InChI is InChI=1S/C19H14N2O/c20-15-8-9-16-14(6-3-11-21-16)18(15)19-13-5-2-1-4-12(13)7-10-17(19)22/h1-11,22H,20H2. The van der Waals surface area contributed by atoms with Gasteiger partial charge < -0.3 is 10.8 Å². The molecule has 3 N–H and O–H groups in total. The molecular weight excluding hydrogens is 272 g/mol. The largest absolute Gasteiger partial charge is 0.507 e. The number of hydrogen-bond donors (Lipinski definition) is 2. The second kappa shape index (κ2) is 4.74. The molecule has 0 bridgehead atoms. The van der Waals surface area contributed by atoms with E-state index in [2.05, 4.69) is 4.98 Å².